The van der Waals surface area contributed by atoms with Crippen molar-refractivity contribution in [3.05, 3.63) is 71.9 Å². The third-order valence-electron chi connectivity index (χ3n) is 5.20. The van der Waals surface area contributed by atoms with Crippen LogP contribution in [0.25, 0.3) is 0 Å². The van der Waals surface area contributed by atoms with E-state index in [2.05, 4.69) is 63.4 Å². The van der Waals surface area contributed by atoms with Gasteiger partial charge < -0.3 is 19.9 Å². The van der Waals surface area contributed by atoms with E-state index in [1.807, 2.05) is 24.4 Å². The summed E-state index contributed by atoms with van der Waals surface area (Å²) in [6, 6.07) is 18.6. The van der Waals surface area contributed by atoms with Gasteiger partial charge in [-0.05, 0) is 48.4 Å². The minimum atomic E-state index is 0.710. The molecular formula is C23H27N5O. The van der Waals surface area contributed by atoms with Gasteiger partial charge in [-0.15, -0.1) is 0 Å². The number of piperazine rings is 1. The summed E-state index contributed by atoms with van der Waals surface area (Å²) in [6.07, 6.45) is 1.83. The van der Waals surface area contributed by atoms with E-state index in [-0.39, 0.29) is 0 Å². The summed E-state index contributed by atoms with van der Waals surface area (Å²) in [7, 11) is 1.68. The molecule has 0 spiro atoms. The van der Waals surface area contributed by atoms with Gasteiger partial charge in [0, 0.05) is 44.6 Å². The van der Waals surface area contributed by atoms with E-state index >= 15 is 0 Å². The molecule has 1 saturated heterocycles. The fraction of sp³-hybridized carbons (Fsp3) is 0.304. The van der Waals surface area contributed by atoms with Crippen molar-refractivity contribution >= 4 is 17.5 Å². The highest BCUT2D eigenvalue weighted by Crippen LogP contribution is 2.20. The first-order valence-corrected chi connectivity index (χ1v) is 9.98. The monoisotopic (exact) mass is 389 g/mol. The fourth-order valence-electron chi connectivity index (χ4n) is 3.52. The second-order valence-electron chi connectivity index (χ2n) is 7.26. The highest BCUT2D eigenvalue weighted by atomic mass is 16.5. The van der Waals surface area contributed by atoms with Crippen molar-refractivity contribution < 1.29 is 4.74 Å². The van der Waals surface area contributed by atoms with Crippen molar-refractivity contribution in [2.45, 2.75) is 13.5 Å². The van der Waals surface area contributed by atoms with Crippen molar-refractivity contribution in [2.24, 2.45) is 0 Å². The SMILES string of the molecule is COc1ccc(CNc2ccnc(N3CCN(c4cccc(C)c4)CC3)n2)cc1. The van der Waals surface area contributed by atoms with Gasteiger partial charge in [-0.3, -0.25) is 0 Å². The summed E-state index contributed by atoms with van der Waals surface area (Å²) >= 11 is 0. The molecule has 4 rings (SSSR count). The third-order valence-corrected chi connectivity index (χ3v) is 5.20. The van der Waals surface area contributed by atoms with E-state index in [0.29, 0.717) is 6.54 Å². The average molecular weight is 390 g/mol. The van der Waals surface area contributed by atoms with E-state index < -0.39 is 0 Å². The van der Waals surface area contributed by atoms with Gasteiger partial charge in [0.25, 0.3) is 0 Å². The largest absolute Gasteiger partial charge is 0.497 e. The Labute approximate surface area is 172 Å². The maximum Gasteiger partial charge on any atom is 0.227 e. The quantitative estimate of drug-likeness (QED) is 0.693. The van der Waals surface area contributed by atoms with E-state index in [0.717, 1.165) is 43.7 Å². The summed E-state index contributed by atoms with van der Waals surface area (Å²) < 4.78 is 5.21. The normalized spacial score (nSPS) is 14.0. The standard InChI is InChI=1S/C23H27N5O/c1-18-4-3-5-20(16-18)27-12-14-28(15-13-27)23-24-11-10-22(26-23)25-17-19-6-8-21(29-2)9-7-19/h3-11,16H,12-15,17H2,1-2H3,(H,24,25,26). The molecule has 150 valence electrons. The van der Waals surface area contributed by atoms with Gasteiger partial charge in [0.1, 0.15) is 11.6 Å². The Bertz CT molecular complexity index is 936. The molecule has 3 aromatic rings. The van der Waals surface area contributed by atoms with Gasteiger partial charge in [0.2, 0.25) is 5.95 Å². The minimum absolute atomic E-state index is 0.710. The highest BCUT2D eigenvalue weighted by molar-refractivity contribution is 5.51. The molecule has 1 fully saturated rings. The number of nitrogens with zero attached hydrogens (tertiary/aromatic N) is 4. The molecule has 0 bridgehead atoms. The van der Waals surface area contributed by atoms with Crippen LogP contribution in [0.3, 0.4) is 0 Å². The Hall–Kier alpha value is -3.28. The predicted octanol–water partition coefficient (Wildman–Crippen LogP) is 3.73. The topological polar surface area (TPSA) is 53.5 Å². The van der Waals surface area contributed by atoms with Crippen molar-refractivity contribution in [2.75, 3.05) is 48.4 Å². The van der Waals surface area contributed by atoms with Crippen molar-refractivity contribution in [3.63, 3.8) is 0 Å². The lowest BCUT2D eigenvalue weighted by atomic mass is 10.2. The van der Waals surface area contributed by atoms with Crippen molar-refractivity contribution in [3.8, 4) is 5.75 Å². The van der Waals surface area contributed by atoms with Crippen LogP contribution in [0.5, 0.6) is 5.75 Å². The first-order valence-electron chi connectivity index (χ1n) is 9.98. The van der Waals surface area contributed by atoms with Gasteiger partial charge >= 0.3 is 0 Å². The van der Waals surface area contributed by atoms with Gasteiger partial charge in [-0.2, -0.15) is 4.98 Å². The van der Waals surface area contributed by atoms with Crippen LogP contribution in [0, 0.1) is 6.92 Å². The number of ether oxygens (including phenoxy) is 1. The zero-order valence-corrected chi connectivity index (χ0v) is 17.0. The van der Waals surface area contributed by atoms with Crippen LogP contribution in [0.2, 0.25) is 0 Å². The minimum Gasteiger partial charge on any atom is -0.497 e. The summed E-state index contributed by atoms with van der Waals surface area (Å²) in [5.41, 5.74) is 3.77. The zero-order valence-electron chi connectivity index (χ0n) is 17.0. The molecule has 2 heterocycles. The Morgan fingerprint density at radius 1 is 0.966 bits per heavy atom. The number of hydrogen-bond donors (Lipinski definition) is 1. The number of aromatic nitrogens is 2. The average Bonchev–Trinajstić information content (AvgIpc) is 2.78. The summed E-state index contributed by atoms with van der Waals surface area (Å²) in [5, 5.41) is 3.39. The molecule has 6 heteroatoms. The van der Waals surface area contributed by atoms with Crippen molar-refractivity contribution in [1.82, 2.24) is 9.97 Å². The number of benzene rings is 2. The second kappa shape index (κ2) is 8.82. The Kier molecular flexibility index (Phi) is 5.79. The molecule has 2 aromatic carbocycles. The molecule has 0 saturated carbocycles. The summed E-state index contributed by atoms with van der Waals surface area (Å²) in [4.78, 5) is 13.9. The predicted molar refractivity (Wildman–Crippen MR) is 118 cm³/mol. The van der Waals surface area contributed by atoms with E-state index in [1.54, 1.807) is 7.11 Å². The van der Waals surface area contributed by atoms with Crippen LogP contribution < -0.4 is 19.9 Å². The maximum absolute atomic E-state index is 5.21. The van der Waals surface area contributed by atoms with Gasteiger partial charge in [-0.25, -0.2) is 4.98 Å². The van der Waals surface area contributed by atoms with Crippen LogP contribution in [0.15, 0.2) is 60.8 Å². The molecule has 0 unspecified atom stereocenters. The molecule has 1 aromatic heterocycles. The number of anilines is 3. The summed E-state index contributed by atoms with van der Waals surface area (Å²) in [5.74, 6) is 2.49. The molecule has 0 radical (unpaired) electrons. The fourth-order valence-corrected chi connectivity index (χ4v) is 3.52. The van der Waals surface area contributed by atoms with Crippen LogP contribution >= 0.6 is 0 Å². The van der Waals surface area contributed by atoms with Gasteiger partial charge in [0.05, 0.1) is 7.11 Å². The number of hydrogen-bond acceptors (Lipinski definition) is 6. The van der Waals surface area contributed by atoms with Crippen molar-refractivity contribution in [1.29, 1.82) is 0 Å². The number of rotatable bonds is 6. The van der Waals surface area contributed by atoms with Crippen LogP contribution in [-0.4, -0.2) is 43.3 Å². The smallest absolute Gasteiger partial charge is 0.227 e. The molecule has 0 atom stereocenters. The van der Waals surface area contributed by atoms with Crippen LogP contribution in [-0.2, 0) is 6.54 Å². The van der Waals surface area contributed by atoms with Gasteiger partial charge in [0.15, 0.2) is 0 Å². The number of aryl methyl sites for hydroxylation is 1. The first kappa shape index (κ1) is 19.1. The molecule has 0 amide bonds. The Morgan fingerprint density at radius 3 is 2.45 bits per heavy atom. The summed E-state index contributed by atoms with van der Waals surface area (Å²) in [6.45, 7) is 6.61. The van der Waals surface area contributed by atoms with E-state index in [1.165, 1.54) is 16.8 Å². The number of methoxy groups -OCH3 is 1. The molecular weight excluding hydrogens is 362 g/mol. The zero-order chi connectivity index (χ0) is 20.1. The lowest BCUT2D eigenvalue weighted by Crippen LogP contribution is -2.47. The molecule has 0 aliphatic carbocycles. The van der Waals surface area contributed by atoms with Gasteiger partial charge in [-0.1, -0.05) is 24.3 Å². The highest BCUT2D eigenvalue weighted by Gasteiger charge is 2.19. The maximum atomic E-state index is 5.21. The second-order valence-corrected chi connectivity index (χ2v) is 7.26. The Morgan fingerprint density at radius 2 is 1.72 bits per heavy atom. The number of nitrogens with one attached hydrogen (secondary N) is 1. The Balaban J connectivity index is 1.35. The molecule has 1 aliphatic heterocycles. The molecule has 1 N–H and O–H groups in total. The third kappa shape index (κ3) is 4.77. The first-order chi connectivity index (χ1) is 14.2. The van der Waals surface area contributed by atoms with Crippen LogP contribution in [0.1, 0.15) is 11.1 Å². The van der Waals surface area contributed by atoms with Crippen LogP contribution in [0.4, 0.5) is 17.5 Å². The molecule has 6 nitrogen and oxygen atoms in total. The lowest BCUT2D eigenvalue weighted by Gasteiger charge is -2.36. The van der Waals surface area contributed by atoms with E-state index in [4.69, 9.17) is 9.72 Å². The molecule has 29 heavy (non-hydrogen) atoms. The molecule has 1 aliphatic rings. The van der Waals surface area contributed by atoms with E-state index in [9.17, 15) is 0 Å². The lowest BCUT2D eigenvalue weighted by molar-refractivity contribution is 0.414.